The molecule has 4 nitrogen and oxygen atoms in total. The monoisotopic (exact) mass is 262 g/mol. The van der Waals surface area contributed by atoms with Crippen molar-refractivity contribution in [3.8, 4) is 0 Å². The summed E-state index contributed by atoms with van der Waals surface area (Å²) in [6, 6.07) is 2.04. The molecule has 2 rings (SSSR count). The van der Waals surface area contributed by atoms with Gasteiger partial charge in [-0.25, -0.2) is 4.98 Å². The Labute approximate surface area is 115 Å². The third-order valence-electron chi connectivity index (χ3n) is 4.12. The van der Waals surface area contributed by atoms with Gasteiger partial charge < -0.3 is 15.0 Å². The lowest BCUT2D eigenvalue weighted by Gasteiger charge is -2.32. The molecule has 0 saturated carbocycles. The van der Waals surface area contributed by atoms with E-state index in [-0.39, 0.29) is 18.3 Å². The largest absolute Gasteiger partial charge is 0.496 e. The van der Waals surface area contributed by atoms with Gasteiger partial charge in [0, 0.05) is 11.7 Å². The number of hydrogen-bond donors (Lipinski definition) is 1. The molecule has 19 heavy (non-hydrogen) atoms. The Bertz CT molecular complexity index is 470. The molecule has 1 aliphatic rings. The fraction of sp³-hybridized carbons (Fsp3) is 0.643. The molecule has 0 aliphatic carbocycles. The van der Waals surface area contributed by atoms with Gasteiger partial charge in [0.1, 0.15) is 5.82 Å². The normalized spacial score (nSPS) is 21.1. The molecule has 104 valence electrons. The van der Waals surface area contributed by atoms with Gasteiger partial charge in [0.05, 0.1) is 11.2 Å². The van der Waals surface area contributed by atoms with Crippen LogP contribution in [0.3, 0.4) is 0 Å². The zero-order chi connectivity index (χ0) is 14.4. The predicted molar refractivity (Wildman–Crippen MR) is 78.5 cm³/mol. The van der Waals surface area contributed by atoms with E-state index in [2.05, 4.69) is 18.8 Å². The van der Waals surface area contributed by atoms with Crippen LogP contribution in [0.4, 0.5) is 5.82 Å². The van der Waals surface area contributed by atoms with Crippen molar-refractivity contribution in [3.05, 3.63) is 17.8 Å². The maximum atomic E-state index is 6.02. The predicted octanol–water partition coefficient (Wildman–Crippen LogP) is 2.09. The lowest BCUT2D eigenvalue weighted by atomic mass is 9.79. The lowest BCUT2D eigenvalue weighted by molar-refractivity contribution is 0.00578. The van der Waals surface area contributed by atoms with Crippen molar-refractivity contribution in [1.29, 1.82) is 0 Å². The minimum Gasteiger partial charge on any atom is -0.399 e. The van der Waals surface area contributed by atoms with Crippen LogP contribution < -0.4 is 11.2 Å². The van der Waals surface area contributed by atoms with Crippen LogP contribution in [0.5, 0.6) is 0 Å². The number of anilines is 1. The average Bonchev–Trinajstić information content (AvgIpc) is 2.48. The molecular weight excluding hydrogens is 239 g/mol. The van der Waals surface area contributed by atoms with E-state index in [1.165, 1.54) is 0 Å². The van der Waals surface area contributed by atoms with Crippen LogP contribution in [0.2, 0.25) is 0 Å². The van der Waals surface area contributed by atoms with Crippen LogP contribution >= 0.6 is 0 Å². The summed E-state index contributed by atoms with van der Waals surface area (Å²) >= 11 is 0. The molecule has 1 fully saturated rings. The number of nitrogens with zero attached hydrogens (tertiary/aromatic N) is 1. The first-order chi connectivity index (χ1) is 8.64. The zero-order valence-electron chi connectivity index (χ0n) is 12.7. The van der Waals surface area contributed by atoms with Crippen molar-refractivity contribution >= 4 is 18.4 Å². The van der Waals surface area contributed by atoms with Crippen molar-refractivity contribution in [1.82, 2.24) is 4.98 Å². The summed E-state index contributed by atoms with van der Waals surface area (Å²) in [4.78, 5) is 4.26. The Kier molecular flexibility index (Phi) is 3.39. The molecule has 0 aromatic carbocycles. The van der Waals surface area contributed by atoms with Crippen LogP contribution in [-0.2, 0) is 9.31 Å². The van der Waals surface area contributed by atoms with E-state index in [1.54, 1.807) is 6.20 Å². The molecule has 0 amide bonds. The first-order valence-corrected chi connectivity index (χ1v) is 6.75. The maximum Gasteiger partial charge on any atom is 0.496 e. The van der Waals surface area contributed by atoms with Crippen LogP contribution in [0.15, 0.2) is 12.3 Å². The fourth-order valence-corrected chi connectivity index (χ4v) is 2.08. The first kappa shape index (κ1) is 14.3. The molecule has 0 spiro atoms. The lowest BCUT2D eigenvalue weighted by Crippen LogP contribution is -2.41. The molecule has 2 N–H and O–H groups in total. The van der Waals surface area contributed by atoms with Gasteiger partial charge in [0.15, 0.2) is 0 Å². The molecule has 1 aliphatic heterocycles. The second-order valence-corrected chi connectivity index (χ2v) is 6.49. The highest BCUT2D eigenvalue weighted by Gasteiger charge is 2.51. The smallest absolute Gasteiger partial charge is 0.399 e. The SMILES string of the molecule is CC(C)c1cc(B2OC(C)(C)C(C)(C)O2)cnc1N. The Hall–Kier alpha value is -1.07. The summed E-state index contributed by atoms with van der Waals surface area (Å²) in [5.41, 5.74) is 7.19. The molecule has 0 radical (unpaired) electrons. The van der Waals surface area contributed by atoms with Crippen molar-refractivity contribution in [2.75, 3.05) is 5.73 Å². The van der Waals surface area contributed by atoms with E-state index < -0.39 is 0 Å². The molecular formula is C14H23BN2O2. The Morgan fingerprint density at radius 1 is 1.16 bits per heavy atom. The summed E-state index contributed by atoms with van der Waals surface area (Å²) in [5, 5.41) is 0. The molecule has 2 heterocycles. The van der Waals surface area contributed by atoms with E-state index in [9.17, 15) is 0 Å². The molecule has 1 aromatic rings. The number of hydrogen-bond acceptors (Lipinski definition) is 4. The van der Waals surface area contributed by atoms with E-state index in [0.29, 0.717) is 11.7 Å². The van der Waals surface area contributed by atoms with Gasteiger partial charge in [-0.05, 0) is 39.2 Å². The number of nitrogen functional groups attached to an aromatic ring is 1. The van der Waals surface area contributed by atoms with Gasteiger partial charge in [-0.15, -0.1) is 0 Å². The standard InChI is InChI=1S/C14H23BN2O2/c1-9(2)11-7-10(8-17-12(11)16)15-18-13(3,4)14(5,6)19-15/h7-9H,1-6H3,(H2,16,17). The number of pyridine rings is 1. The van der Waals surface area contributed by atoms with E-state index >= 15 is 0 Å². The number of aromatic nitrogens is 1. The minimum atomic E-state index is -0.379. The molecule has 5 heteroatoms. The average molecular weight is 262 g/mol. The second kappa shape index (κ2) is 4.49. The molecule has 0 atom stereocenters. The van der Waals surface area contributed by atoms with Gasteiger partial charge in [0.2, 0.25) is 0 Å². The van der Waals surface area contributed by atoms with Crippen molar-refractivity contribution < 1.29 is 9.31 Å². The van der Waals surface area contributed by atoms with Gasteiger partial charge >= 0.3 is 7.12 Å². The van der Waals surface area contributed by atoms with Crippen LogP contribution in [0.25, 0.3) is 0 Å². The Morgan fingerprint density at radius 3 is 2.16 bits per heavy atom. The summed E-state index contributed by atoms with van der Waals surface area (Å²) in [6.07, 6.45) is 1.74. The summed E-state index contributed by atoms with van der Waals surface area (Å²) in [7, 11) is -0.379. The summed E-state index contributed by atoms with van der Waals surface area (Å²) < 4.78 is 12.0. The van der Waals surface area contributed by atoms with Gasteiger partial charge in [-0.2, -0.15) is 0 Å². The van der Waals surface area contributed by atoms with E-state index in [0.717, 1.165) is 11.0 Å². The number of nitrogens with two attached hydrogens (primary N) is 1. The van der Waals surface area contributed by atoms with Crippen molar-refractivity contribution in [2.45, 2.75) is 58.7 Å². The van der Waals surface area contributed by atoms with Crippen molar-refractivity contribution in [3.63, 3.8) is 0 Å². The minimum absolute atomic E-state index is 0.329. The Balaban J connectivity index is 2.32. The van der Waals surface area contributed by atoms with E-state index in [1.807, 2.05) is 33.8 Å². The first-order valence-electron chi connectivity index (χ1n) is 6.75. The van der Waals surface area contributed by atoms with Crippen LogP contribution in [0, 0.1) is 0 Å². The molecule has 0 unspecified atom stereocenters. The van der Waals surface area contributed by atoms with Gasteiger partial charge in [0.25, 0.3) is 0 Å². The Morgan fingerprint density at radius 2 is 1.68 bits per heavy atom. The highest BCUT2D eigenvalue weighted by Crippen LogP contribution is 2.36. The third kappa shape index (κ3) is 2.49. The third-order valence-corrected chi connectivity index (χ3v) is 4.12. The quantitative estimate of drug-likeness (QED) is 0.829. The van der Waals surface area contributed by atoms with Gasteiger partial charge in [-0.1, -0.05) is 19.9 Å². The number of rotatable bonds is 2. The summed E-state index contributed by atoms with van der Waals surface area (Å²) in [6.45, 7) is 12.4. The second-order valence-electron chi connectivity index (χ2n) is 6.49. The maximum absolute atomic E-state index is 6.02. The molecule has 1 saturated heterocycles. The van der Waals surface area contributed by atoms with E-state index in [4.69, 9.17) is 15.0 Å². The highest BCUT2D eigenvalue weighted by atomic mass is 16.7. The highest BCUT2D eigenvalue weighted by molar-refractivity contribution is 6.62. The van der Waals surface area contributed by atoms with Crippen molar-refractivity contribution in [2.24, 2.45) is 0 Å². The molecule has 1 aromatic heterocycles. The summed E-state index contributed by atoms with van der Waals surface area (Å²) in [5.74, 6) is 0.908. The molecule has 0 bridgehead atoms. The van der Waals surface area contributed by atoms with Crippen LogP contribution in [0.1, 0.15) is 53.0 Å². The topological polar surface area (TPSA) is 57.4 Å². The zero-order valence-corrected chi connectivity index (χ0v) is 12.7. The van der Waals surface area contributed by atoms with Crippen LogP contribution in [-0.4, -0.2) is 23.3 Å². The van der Waals surface area contributed by atoms with Gasteiger partial charge in [-0.3, -0.25) is 0 Å². The fourth-order valence-electron chi connectivity index (χ4n) is 2.08.